The lowest BCUT2D eigenvalue weighted by Gasteiger charge is -2.37. The van der Waals surface area contributed by atoms with Crippen molar-refractivity contribution >= 4 is 30.1 Å². The summed E-state index contributed by atoms with van der Waals surface area (Å²) in [5, 5.41) is 6.46. The summed E-state index contributed by atoms with van der Waals surface area (Å²) in [6.07, 6.45) is 2.36. The van der Waals surface area contributed by atoms with Crippen molar-refractivity contribution < 1.29 is 13.9 Å². The summed E-state index contributed by atoms with van der Waals surface area (Å²) in [5.41, 5.74) is 0.425. The second kappa shape index (κ2) is 8.52. The Labute approximate surface area is 152 Å². The molecule has 4 nitrogen and oxygen atoms in total. The number of hydrogen-bond acceptors (Lipinski definition) is 4. The Hall–Kier alpha value is -0.820. The third kappa shape index (κ3) is 4.04. The third-order valence-corrected chi connectivity index (χ3v) is 5.90. The lowest BCUT2D eigenvalue weighted by Crippen LogP contribution is -2.51. The minimum absolute atomic E-state index is 0. The fourth-order valence-electron chi connectivity index (χ4n) is 3.45. The number of thioether (sulfide) groups is 1. The van der Waals surface area contributed by atoms with Gasteiger partial charge in [-0.2, -0.15) is 0 Å². The van der Waals surface area contributed by atoms with E-state index in [1.54, 1.807) is 24.9 Å². The summed E-state index contributed by atoms with van der Waals surface area (Å²) < 4.78 is 18.9. The first-order valence-electron chi connectivity index (χ1n) is 8.07. The number of piperidine rings is 1. The molecule has 1 amide bonds. The maximum Gasteiger partial charge on any atom is 0.229 e. The average molecular weight is 375 g/mol. The van der Waals surface area contributed by atoms with Crippen LogP contribution in [0.1, 0.15) is 30.9 Å². The van der Waals surface area contributed by atoms with Gasteiger partial charge in [0.1, 0.15) is 5.82 Å². The fraction of sp³-hybridized carbons (Fsp3) is 0.588. The van der Waals surface area contributed by atoms with Gasteiger partial charge in [0.25, 0.3) is 0 Å². The molecule has 1 aromatic rings. The first-order valence-corrected chi connectivity index (χ1v) is 9.06. The van der Waals surface area contributed by atoms with Crippen molar-refractivity contribution in [1.29, 1.82) is 0 Å². The maximum absolute atomic E-state index is 13.6. The zero-order chi connectivity index (χ0) is 16.3. The molecule has 1 unspecified atom stereocenters. The number of nitrogens with one attached hydrogen (secondary N) is 2. The van der Waals surface area contributed by atoms with Crippen molar-refractivity contribution in [3.8, 4) is 0 Å². The summed E-state index contributed by atoms with van der Waals surface area (Å²) in [7, 11) is 1.64. The predicted octanol–water partition coefficient (Wildman–Crippen LogP) is 2.92. The first-order chi connectivity index (χ1) is 11.1. The van der Waals surface area contributed by atoms with Gasteiger partial charge < -0.3 is 15.4 Å². The van der Waals surface area contributed by atoms with Crippen molar-refractivity contribution in [2.75, 3.05) is 32.6 Å². The van der Waals surface area contributed by atoms with Crippen LogP contribution < -0.4 is 10.6 Å². The van der Waals surface area contributed by atoms with Gasteiger partial charge in [-0.05, 0) is 56.1 Å². The van der Waals surface area contributed by atoms with Gasteiger partial charge >= 0.3 is 0 Å². The summed E-state index contributed by atoms with van der Waals surface area (Å²) in [5.74, 6) is 0.717. The van der Waals surface area contributed by atoms with Crippen molar-refractivity contribution in [3.05, 3.63) is 29.6 Å². The van der Waals surface area contributed by atoms with E-state index in [-0.39, 0.29) is 30.2 Å². The Morgan fingerprint density at radius 3 is 2.92 bits per heavy atom. The second-order valence-corrected chi connectivity index (χ2v) is 7.45. The van der Waals surface area contributed by atoms with Crippen molar-refractivity contribution in [2.45, 2.75) is 30.2 Å². The molecule has 0 radical (unpaired) electrons. The lowest BCUT2D eigenvalue weighted by molar-refractivity contribution is -0.137. The molecule has 0 bridgehead atoms. The molecule has 1 fully saturated rings. The van der Waals surface area contributed by atoms with E-state index in [1.165, 1.54) is 6.07 Å². The van der Waals surface area contributed by atoms with Crippen LogP contribution in [0.2, 0.25) is 0 Å². The quantitative estimate of drug-likeness (QED) is 0.850. The van der Waals surface area contributed by atoms with Gasteiger partial charge in [-0.1, -0.05) is 0 Å². The van der Waals surface area contributed by atoms with Crippen molar-refractivity contribution in [2.24, 2.45) is 5.41 Å². The van der Waals surface area contributed by atoms with E-state index in [2.05, 4.69) is 10.6 Å². The standard InChI is InChI=1S/C17H23FN2O2S.ClH/c1-22-11-17(5-7-19-8-6-17)16(21)20-14-4-9-23-15-3-2-12(18)10-13(14)15;/h2-3,10,14,19H,4-9,11H2,1H3,(H,20,21);1H. The number of benzene rings is 1. The molecule has 134 valence electrons. The normalized spacial score (nSPS) is 22.2. The summed E-state index contributed by atoms with van der Waals surface area (Å²) in [4.78, 5) is 14.0. The van der Waals surface area contributed by atoms with Crippen molar-refractivity contribution in [1.82, 2.24) is 10.6 Å². The van der Waals surface area contributed by atoms with Crippen LogP contribution in [0.5, 0.6) is 0 Å². The number of ether oxygens (including phenoxy) is 1. The van der Waals surface area contributed by atoms with Gasteiger partial charge in [0, 0.05) is 17.8 Å². The largest absolute Gasteiger partial charge is 0.384 e. The predicted molar refractivity (Wildman–Crippen MR) is 96.3 cm³/mol. The molecule has 2 aliphatic heterocycles. The molecule has 1 aromatic carbocycles. The van der Waals surface area contributed by atoms with E-state index < -0.39 is 5.41 Å². The minimum atomic E-state index is -0.474. The van der Waals surface area contributed by atoms with E-state index in [1.807, 2.05) is 6.07 Å². The van der Waals surface area contributed by atoms with Gasteiger partial charge in [-0.3, -0.25) is 4.79 Å². The summed E-state index contributed by atoms with van der Waals surface area (Å²) in [6, 6.07) is 4.73. The maximum atomic E-state index is 13.6. The number of rotatable bonds is 4. The highest BCUT2D eigenvalue weighted by molar-refractivity contribution is 7.99. The molecule has 7 heteroatoms. The van der Waals surface area contributed by atoms with Gasteiger partial charge in [0.2, 0.25) is 5.91 Å². The Balaban J connectivity index is 0.00000208. The lowest BCUT2D eigenvalue weighted by atomic mass is 9.78. The van der Waals surface area contributed by atoms with Gasteiger partial charge in [0.15, 0.2) is 0 Å². The van der Waals surface area contributed by atoms with E-state index in [9.17, 15) is 9.18 Å². The van der Waals surface area contributed by atoms with Crippen LogP contribution in [-0.2, 0) is 9.53 Å². The van der Waals surface area contributed by atoms with Crippen LogP contribution >= 0.6 is 24.2 Å². The van der Waals surface area contributed by atoms with Crippen molar-refractivity contribution in [3.63, 3.8) is 0 Å². The van der Waals surface area contributed by atoms with Gasteiger partial charge in [0.05, 0.1) is 18.1 Å². The Morgan fingerprint density at radius 1 is 1.46 bits per heavy atom. The highest BCUT2D eigenvalue weighted by Gasteiger charge is 2.41. The molecule has 0 saturated carbocycles. The molecule has 0 aromatic heterocycles. The van der Waals surface area contributed by atoms with E-state index >= 15 is 0 Å². The topological polar surface area (TPSA) is 50.4 Å². The van der Waals surface area contributed by atoms with Crippen LogP contribution in [0.15, 0.2) is 23.1 Å². The average Bonchev–Trinajstić information content (AvgIpc) is 2.56. The molecule has 3 rings (SSSR count). The molecule has 0 aliphatic carbocycles. The first kappa shape index (κ1) is 19.5. The number of fused-ring (bicyclic) bond motifs is 1. The van der Waals surface area contributed by atoms with Gasteiger partial charge in [-0.25, -0.2) is 4.39 Å². The Kier molecular flexibility index (Phi) is 6.92. The number of amides is 1. The number of hydrogen-bond donors (Lipinski definition) is 2. The zero-order valence-corrected chi connectivity index (χ0v) is 15.4. The monoisotopic (exact) mass is 374 g/mol. The van der Waals surface area contributed by atoms with Crippen LogP contribution in [0.4, 0.5) is 4.39 Å². The van der Waals surface area contributed by atoms with E-state index in [0.29, 0.717) is 6.61 Å². The number of methoxy groups -OCH3 is 1. The molecule has 2 N–H and O–H groups in total. The van der Waals surface area contributed by atoms with Gasteiger partial charge in [-0.15, -0.1) is 24.2 Å². The van der Waals surface area contributed by atoms with Crippen LogP contribution in [0, 0.1) is 11.2 Å². The molecule has 1 atom stereocenters. The van der Waals surface area contributed by atoms with Crippen LogP contribution in [0.25, 0.3) is 0 Å². The molecule has 1 saturated heterocycles. The molecule has 0 spiro atoms. The Bertz CT molecular complexity index is 576. The van der Waals surface area contributed by atoms with E-state index in [0.717, 1.165) is 48.6 Å². The van der Waals surface area contributed by atoms with E-state index in [4.69, 9.17) is 4.74 Å². The molecule has 24 heavy (non-hydrogen) atoms. The highest BCUT2D eigenvalue weighted by atomic mass is 35.5. The molecule has 2 heterocycles. The minimum Gasteiger partial charge on any atom is -0.384 e. The second-order valence-electron chi connectivity index (χ2n) is 6.31. The molecule has 2 aliphatic rings. The zero-order valence-electron chi connectivity index (χ0n) is 13.8. The molecular formula is C17H24ClFN2O2S. The summed E-state index contributed by atoms with van der Waals surface area (Å²) >= 11 is 1.72. The highest BCUT2D eigenvalue weighted by Crippen LogP contribution is 2.38. The van der Waals surface area contributed by atoms with Crippen LogP contribution in [0.3, 0.4) is 0 Å². The van der Waals surface area contributed by atoms with Crippen LogP contribution in [-0.4, -0.2) is 38.5 Å². The number of carbonyl (C=O) groups excluding carboxylic acids is 1. The number of carbonyl (C=O) groups is 1. The fourth-order valence-corrected chi connectivity index (χ4v) is 4.55. The summed E-state index contributed by atoms with van der Waals surface area (Å²) in [6.45, 7) is 2.07. The molecular weight excluding hydrogens is 351 g/mol. The third-order valence-electron chi connectivity index (χ3n) is 4.78. The smallest absolute Gasteiger partial charge is 0.229 e. The Morgan fingerprint density at radius 2 is 2.21 bits per heavy atom. The number of halogens is 2. The SMILES string of the molecule is COCC1(C(=O)NC2CCSc3ccc(F)cc32)CCNCC1.Cl.